The molecule has 3 rings (SSSR count). The van der Waals surface area contributed by atoms with E-state index < -0.39 is 0 Å². The minimum atomic E-state index is 0.546. The van der Waals surface area contributed by atoms with E-state index >= 15 is 0 Å². The minimum absolute atomic E-state index is 0.546. The first-order valence-corrected chi connectivity index (χ1v) is 6.37. The van der Waals surface area contributed by atoms with Crippen LogP contribution in [-0.4, -0.2) is 24.2 Å². The largest absolute Gasteiger partial charge is 0.497 e. The van der Waals surface area contributed by atoms with Gasteiger partial charge in [-0.05, 0) is 24.3 Å². The number of rotatable bonds is 3. The summed E-state index contributed by atoms with van der Waals surface area (Å²) in [4.78, 5) is 7.73. The molecule has 0 aliphatic rings. The second-order valence-corrected chi connectivity index (χ2v) is 4.50. The molecule has 5 nitrogen and oxygen atoms in total. The van der Waals surface area contributed by atoms with Crippen LogP contribution in [0.1, 0.15) is 5.56 Å². The molecule has 0 amide bonds. The number of aromatic nitrogens is 2. The summed E-state index contributed by atoms with van der Waals surface area (Å²) < 4.78 is 10.5. The number of hydrogen-bond donors (Lipinski definition) is 1. The van der Waals surface area contributed by atoms with Crippen LogP contribution in [0.2, 0.25) is 0 Å². The first-order valence-electron chi connectivity index (χ1n) is 6.37. The van der Waals surface area contributed by atoms with Gasteiger partial charge >= 0.3 is 0 Å². The van der Waals surface area contributed by atoms with Gasteiger partial charge in [-0.15, -0.1) is 0 Å². The van der Waals surface area contributed by atoms with E-state index in [-0.39, 0.29) is 0 Å². The zero-order chi connectivity index (χ0) is 14.8. The zero-order valence-electron chi connectivity index (χ0n) is 11.7. The Hall–Kier alpha value is -3.00. The molecular formula is C16H13N3O2. The number of methoxy groups -OCH3 is 2. The summed E-state index contributed by atoms with van der Waals surface area (Å²) in [5.74, 6) is 2.04. The Bertz CT molecular complexity index is 824. The number of fused-ring (bicyclic) bond motifs is 1. The quantitative estimate of drug-likeness (QED) is 0.799. The molecule has 0 bridgehead atoms. The van der Waals surface area contributed by atoms with Crippen molar-refractivity contribution in [2.45, 2.75) is 0 Å². The van der Waals surface area contributed by atoms with Gasteiger partial charge in [-0.2, -0.15) is 5.26 Å². The summed E-state index contributed by atoms with van der Waals surface area (Å²) in [7, 11) is 3.20. The Morgan fingerprint density at radius 1 is 1.10 bits per heavy atom. The molecule has 1 aromatic heterocycles. The maximum atomic E-state index is 9.14. The van der Waals surface area contributed by atoms with E-state index in [4.69, 9.17) is 14.7 Å². The third-order valence-corrected chi connectivity index (χ3v) is 3.26. The fourth-order valence-corrected chi connectivity index (χ4v) is 2.20. The second kappa shape index (κ2) is 5.17. The number of H-pyrrole nitrogens is 1. The normalized spacial score (nSPS) is 10.3. The molecule has 0 spiro atoms. The summed E-state index contributed by atoms with van der Waals surface area (Å²) in [6.07, 6.45) is 0. The van der Waals surface area contributed by atoms with Gasteiger partial charge in [-0.3, -0.25) is 0 Å². The van der Waals surface area contributed by atoms with E-state index in [1.807, 2.05) is 24.3 Å². The third kappa shape index (κ3) is 2.28. The highest BCUT2D eigenvalue weighted by molar-refractivity contribution is 5.84. The van der Waals surface area contributed by atoms with E-state index in [9.17, 15) is 0 Å². The zero-order valence-corrected chi connectivity index (χ0v) is 11.7. The van der Waals surface area contributed by atoms with Crippen molar-refractivity contribution < 1.29 is 9.47 Å². The molecule has 5 heteroatoms. The molecule has 0 saturated heterocycles. The monoisotopic (exact) mass is 279 g/mol. The molecule has 0 saturated carbocycles. The predicted molar refractivity (Wildman–Crippen MR) is 79.3 cm³/mol. The van der Waals surface area contributed by atoms with Gasteiger partial charge in [0.05, 0.1) is 25.3 Å². The first kappa shape index (κ1) is 13.0. The lowest BCUT2D eigenvalue weighted by molar-refractivity contribution is 0.394. The van der Waals surface area contributed by atoms with E-state index in [1.165, 1.54) is 0 Å². The summed E-state index contributed by atoms with van der Waals surface area (Å²) in [6.45, 7) is 0. The number of nitrogens with one attached hydrogen (secondary N) is 1. The number of ether oxygens (including phenoxy) is 2. The highest BCUT2D eigenvalue weighted by Crippen LogP contribution is 2.29. The van der Waals surface area contributed by atoms with Crippen molar-refractivity contribution in [3.8, 4) is 29.0 Å². The molecule has 0 atom stereocenters. The smallest absolute Gasteiger partial charge is 0.138 e. The lowest BCUT2D eigenvalue weighted by Gasteiger charge is -2.06. The van der Waals surface area contributed by atoms with Crippen molar-refractivity contribution in [2.75, 3.05) is 14.2 Å². The lowest BCUT2D eigenvalue weighted by atomic mass is 10.2. The molecular weight excluding hydrogens is 266 g/mol. The molecule has 0 aliphatic carbocycles. The number of para-hydroxylation sites is 1. The van der Waals surface area contributed by atoms with Crippen LogP contribution in [0.3, 0.4) is 0 Å². The van der Waals surface area contributed by atoms with Gasteiger partial charge < -0.3 is 14.5 Å². The molecule has 3 aromatic rings. The highest BCUT2D eigenvalue weighted by atomic mass is 16.5. The van der Waals surface area contributed by atoms with Crippen LogP contribution in [0.25, 0.3) is 22.4 Å². The van der Waals surface area contributed by atoms with Gasteiger partial charge in [0.15, 0.2) is 0 Å². The number of hydrogen-bond acceptors (Lipinski definition) is 4. The number of nitrogens with zero attached hydrogens (tertiary/aromatic N) is 2. The first-order chi connectivity index (χ1) is 10.2. The lowest BCUT2D eigenvalue weighted by Crippen LogP contribution is -1.89. The maximum absolute atomic E-state index is 9.14. The van der Waals surface area contributed by atoms with Crippen molar-refractivity contribution in [2.24, 2.45) is 0 Å². The number of nitriles is 1. The van der Waals surface area contributed by atoms with Gasteiger partial charge in [0.2, 0.25) is 0 Å². The van der Waals surface area contributed by atoms with Crippen molar-refractivity contribution in [1.82, 2.24) is 9.97 Å². The van der Waals surface area contributed by atoms with Crippen LogP contribution in [0.15, 0.2) is 36.4 Å². The van der Waals surface area contributed by atoms with E-state index in [1.54, 1.807) is 26.4 Å². The van der Waals surface area contributed by atoms with Crippen LogP contribution in [0.4, 0.5) is 0 Å². The molecule has 0 unspecified atom stereocenters. The molecule has 2 aromatic carbocycles. The second-order valence-electron chi connectivity index (χ2n) is 4.50. The van der Waals surface area contributed by atoms with Crippen molar-refractivity contribution in [3.63, 3.8) is 0 Å². The van der Waals surface area contributed by atoms with Crippen LogP contribution >= 0.6 is 0 Å². The maximum Gasteiger partial charge on any atom is 0.138 e. The van der Waals surface area contributed by atoms with Crippen LogP contribution < -0.4 is 9.47 Å². The van der Waals surface area contributed by atoms with E-state index in [2.05, 4.69) is 16.0 Å². The predicted octanol–water partition coefficient (Wildman–Crippen LogP) is 3.12. The van der Waals surface area contributed by atoms with Gasteiger partial charge in [0, 0.05) is 11.6 Å². The summed E-state index contributed by atoms with van der Waals surface area (Å²) in [5, 5.41) is 9.14. The Labute approximate surface area is 121 Å². The van der Waals surface area contributed by atoms with Crippen LogP contribution in [0.5, 0.6) is 11.5 Å². The van der Waals surface area contributed by atoms with Gasteiger partial charge in [0.25, 0.3) is 0 Å². The van der Waals surface area contributed by atoms with Crippen LogP contribution in [0, 0.1) is 11.3 Å². The summed E-state index contributed by atoms with van der Waals surface area (Å²) in [5.41, 5.74) is 2.87. The molecule has 104 valence electrons. The van der Waals surface area contributed by atoms with Crippen molar-refractivity contribution in [3.05, 3.63) is 42.0 Å². The standard InChI is InChI=1S/C16H13N3O2/c1-20-12-6-11(7-13(8-12)21-2)16-18-14-5-3-4-10(9-17)15(14)19-16/h3-8H,1-2H3,(H,18,19). The summed E-state index contributed by atoms with van der Waals surface area (Å²) >= 11 is 0. The van der Waals surface area contributed by atoms with E-state index in [0.29, 0.717) is 28.4 Å². The van der Waals surface area contributed by atoms with Gasteiger partial charge in [-0.25, -0.2) is 4.98 Å². The Morgan fingerprint density at radius 3 is 2.43 bits per heavy atom. The van der Waals surface area contributed by atoms with Gasteiger partial charge in [-0.1, -0.05) is 6.07 Å². The Kier molecular flexibility index (Phi) is 3.20. The Balaban J connectivity index is 2.19. The van der Waals surface area contributed by atoms with E-state index in [0.717, 1.165) is 11.1 Å². The molecule has 1 heterocycles. The van der Waals surface area contributed by atoms with Crippen molar-refractivity contribution >= 4 is 11.0 Å². The topological polar surface area (TPSA) is 70.9 Å². The van der Waals surface area contributed by atoms with Crippen molar-refractivity contribution in [1.29, 1.82) is 5.26 Å². The highest BCUT2D eigenvalue weighted by Gasteiger charge is 2.11. The summed E-state index contributed by atoms with van der Waals surface area (Å²) in [6, 6.07) is 13.2. The number of benzene rings is 2. The van der Waals surface area contributed by atoms with Crippen LogP contribution in [-0.2, 0) is 0 Å². The molecule has 0 radical (unpaired) electrons. The fraction of sp³-hybridized carbons (Fsp3) is 0.125. The molecule has 0 fully saturated rings. The average molecular weight is 279 g/mol. The molecule has 1 N–H and O–H groups in total. The SMILES string of the molecule is COc1cc(OC)cc(-c2nc3c(C#N)cccc3[nH]2)c1. The number of imidazole rings is 1. The third-order valence-electron chi connectivity index (χ3n) is 3.26. The number of aromatic amines is 1. The fourth-order valence-electron chi connectivity index (χ4n) is 2.20. The molecule has 21 heavy (non-hydrogen) atoms. The van der Waals surface area contributed by atoms with Gasteiger partial charge in [0.1, 0.15) is 28.9 Å². The minimum Gasteiger partial charge on any atom is -0.497 e. The molecule has 0 aliphatic heterocycles. The Morgan fingerprint density at radius 2 is 1.81 bits per heavy atom. The average Bonchev–Trinajstić information content (AvgIpc) is 2.98.